The van der Waals surface area contributed by atoms with Crippen molar-refractivity contribution in [3.63, 3.8) is 0 Å². The third kappa shape index (κ3) is 3.43. The highest BCUT2D eigenvalue weighted by Gasteiger charge is 2.07. The Kier molecular flexibility index (Phi) is 3.99. The van der Waals surface area contributed by atoms with Gasteiger partial charge in [-0.1, -0.05) is 0 Å². The van der Waals surface area contributed by atoms with Crippen LogP contribution >= 0.6 is 0 Å². The van der Waals surface area contributed by atoms with E-state index in [0.29, 0.717) is 30.9 Å². The van der Waals surface area contributed by atoms with Gasteiger partial charge >= 0.3 is 0 Å². The van der Waals surface area contributed by atoms with Crippen molar-refractivity contribution in [2.24, 2.45) is 0 Å². The number of hydrogen-bond donors (Lipinski definition) is 1. The number of oxazole rings is 1. The van der Waals surface area contributed by atoms with Gasteiger partial charge in [-0.05, 0) is 27.7 Å². The first-order valence-corrected chi connectivity index (χ1v) is 6.23. The molecule has 19 heavy (non-hydrogen) atoms. The molecule has 0 aliphatic carbocycles. The first-order chi connectivity index (χ1) is 9.08. The molecule has 0 saturated carbocycles. The van der Waals surface area contributed by atoms with E-state index in [1.54, 1.807) is 6.07 Å². The van der Waals surface area contributed by atoms with E-state index >= 15 is 0 Å². The molecular weight excluding hydrogens is 244 g/mol. The molecule has 2 heterocycles. The van der Waals surface area contributed by atoms with Gasteiger partial charge in [-0.25, -0.2) is 9.97 Å². The standard InChI is InChI=1S/C13H18N4O2/c1-5-18-11-6-8(2)15-13(17-11)14-7-12-16-9(3)10(4)19-12/h6H,5,7H2,1-4H3,(H,14,15,17). The van der Waals surface area contributed by atoms with Crippen molar-refractivity contribution in [3.05, 3.63) is 29.1 Å². The number of aryl methyl sites for hydroxylation is 3. The normalized spacial score (nSPS) is 10.5. The summed E-state index contributed by atoms with van der Waals surface area (Å²) in [5.41, 5.74) is 1.75. The van der Waals surface area contributed by atoms with E-state index in [-0.39, 0.29) is 0 Å². The van der Waals surface area contributed by atoms with Crippen LogP contribution in [0.3, 0.4) is 0 Å². The maximum Gasteiger partial charge on any atom is 0.226 e. The first kappa shape index (κ1) is 13.3. The van der Waals surface area contributed by atoms with Crippen molar-refractivity contribution in [1.29, 1.82) is 0 Å². The summed E-state index contributed by atoms with van der Waals surface area (Å²) in [5, 5.41) is 3.08. The van der Waals surface area contributed by atoms with Crippen LogP contribution in [0, 0.1) is 20.8 Å². The number of anilines is 1. The predicted octanol–water partition coefficient (Wildman–Crippen LogP) is 2.40. The predicted molar refractivity (Wildman–Crippen MR) is 71.2 cm³/mol. The largest absolute Gasteiger partial charge is 0.478 e. The van der Waals surface area contributed by atoms with Crippen molar-refractivity contribution < 1.29 is 9.15 Å². The third-order valence-electron chi connectivity index (χ3n) is 2.59. The summed E-state index contributed by atoms with van der Waals surface area (Å²) < 4.78 is 10.9. The molecule has 0 saturated heterocycles. The summed E-state index contributed by atoms with van der Waals surface area (Å²) in [5.74, 6) is 2.53. The Hall–Kier alpha value is -2.11. The van der Waals surface area contributed by atoms with Gasteiger partial charge in [0.1, 0.15) is 5.76 Å². The summed E-state index contributed by atoms with van der Waals surface area (Å²) in [7, 11) is 0. The van der Waals surface area contributed by atoms with Gasteiger partial charge in [-0.3, -0.25) is 0 Å². The second-order valence-corrected chi connectivity index (χ2v) is 4.21. The van der Waals surface area contributed by atoms with E-state index in [2.05, 4.69) is 20.3 Å². The Balaban J connectivity index is 2.06. The highest BCUT2D eigenvalue weighted by atomic mass is 16.5. The third-order valence-corrected chi connectivity index (χ3v) is 2.59. The second-order valence-electron chi connectivity index (χ2n) is 4.21. The highest BCUT2D eigenvalue weighted by Crippen LogP contribution is 2.13. The van der Waals surface area contributed by atoms with Gasteiger partial charge in [-0.15, -0.1) is 0 Å². The number of nitrogens with one attached hydrogen (secondary N) is 1. The topological polar surface area (TPSA) is 73.1 Å². The Labute approximate surface area is 112 Å². The molecule has 0 fully saturated rings. The molecule has 0 bridgehead atoms. The van der Waals surface area contributed by atoms with E-state index in [1.165, 1.54) is 0 Å². The molecule has 0 unspecified atom stereocenters. The maximum atomic E-state index is 5.48. The molecule has 0 aliphatic rings. The van der Waals surface area contributed by atoms with Gasteiger partial charge < -0.3 is 14.5 Å². The molecule has 1 N–H and O–H groups in total. The van der Waals surface area contributed by atoms with E-state index in [9.17, 15) is 0 Å². The van der Waals surface area contributed by atoms with Gasteiger partial charge in [-0.2, -0.15) is 4.98 Å². The lowest BCUT2D eigenvalue weighted by Gasteiger charge is -2.06. The number of aromatic nitrogens is 3. The van der Waals surface area contributed by atoms with Gasteiger partial charge in [0.05, 0.1) is 18.8 Å². The van der Waals surface area contributed by atoms with E-state index in [1.807, 2.05) is 27.7 Å². The van der Waals surface area contributed by atoms with Crippen LogP contribution in [0.1, 0.15) is 30.0 Å². The molecule has 0 atom stereocenters. The molecule has 2 aromatic rings. The number of ether oxygens (including phenoxy) is 1. The molecule has 0 aliphatic heterocycles. The van der Waals surface area contributed by atoms with Crippen molar-refractivity contribution in [2.75, 3.05) is 11.9 Å². The molecule has 2 rings (SSSR count). The van der Waals surface area contributed by atoms with Crippen LogP contribution in [0.15, 0.2) is 10.5 Å². The van der Waals surface area contributed by atoms with Gasteiger partial charge in [0.15, 0.2) is 0 Å². The molecule has 0 aromatic carbocycles. The molecule has 0 spiro atoms. The minimum absolute atomic E-state index is 0.448. The Morgan fingerprint density at radius 3 is 2.63 bits per heavy atom. The zero-order chi connectivity index (χ0) is 13.8. The lowest BCUT2D eigenvalue weighted by molar-refractivity contribution is 0.326. The highest BCUT2D eigenvalue weighted by molar-refractivity contribution is 5.30. The fraction of sp³-hybridized carbons (Fsp3) is 0.462. The summed E-state index contributed by atoms with van der Waals surface area (Å²) in [6.45, 7) is 8.65. The quantitative estimate of drug-likeness (QED) is 0.892. The lowest BCUT2D eigenvalue weighted by atomic mass is 10.4. The van der Waals surface area contributed by atoms with Gasteiger partial charge in [0.25, 0.3) is 0 Å². The monoisotopic (exact) mass is 262 g/mol. The lowest BCUT2D eigenvalue weighted by Crippen LogP contribution is -2.06. The smallest absolute Gasteiger partial charge is 0.226 e. The zero-order valence-electron chi connectivity index (χ0n) is 11.6. The van der Waals surface area contributed by atoms with Crippen molar-refractivity contribution in [1.82, 2.24) is 15.0 Å². The fourth-order valence-electron chi connectivity index (χ4n) is 1.61. The van der Waals surface area contributed by atoms with Crippen LogP contribution in [0.4, 0.5) is 5.95 Å². The summed E-state index contributed by atoms with van der Waals surface area (Å²) >= 11 is 0. The van der Waals surface area contributed by atoms with Crippen molar-refractivity contribution in [3.8, 4) is 5.88 Å². The van der Waals surface area contributed by atoms with E-state index in [4.69, 9.17) is 9.15 Å². The Morgan fingerprint density at radius 1 is 1.21 bits per heavy atom. The van der Waals surface area contributed by atoms with Crippen LogP contribution in [0.25, 0.3) is 0 Å². The summed E-state index contributed by atoms with van der Waals surface area (Å²) in [6, 6.07) is 1.80. The van der Waals surface area contributed by atoms with E-state index < -0.39 is 0 Å². The van der Waals surface area contributed by atoms with Crippen molar-refractivity contribution in [2.45, 2.75) is 34.2 Å². The second kappa shape index (κ2) is 5.69. The zero-order valence-corrected chi connectivity index (χ0v) is 11.6. The van der Waals surface area contributed by atoms with Crippen molar-refractivity contribution >= 4 is 5.95 Å². The average molecular weight is 262 g/mol. The molecule has 0 radical (unpaired) electrons. The van der Waals surface area contributed by atoms with Crippen LogP contribution in [0.2, 0.25) is 0 Å². The van der Waals surface area contributed by atoms with Crippen LogP contribution < -0.4 is 10.1 Å². The van der Waals surface area contributed by atoms with Crippen LogP contribution in [0.5, 0.6) is 5.88 Å². The molecule has 0 amide bonds. The molecular formula is C13H18N4O2. The minimum atomic E-state index is 0.448. The number of nitrogens with zero attached hydrogens (tertiary/aromatic N) is 3. The maximum absolute atomic E-state index is 5.48. The summed E-state index contributed by atoms with van der Waals surface area (Å²) in [4.78, 5) is 12.8. The van der Waals surface area contributed by atoms with Gasteiger partial charge in [0.2, 0.25) is 17.7 Å². The molecule has 2 aromatic heterocycles. The summed E-state index contributed by atoms with van der Waals surface area (Å²) in [6.07, 6.45) is 0. The first-order valence-electron chi connectivity index (χ1n) is 6.23. The number of rotatable bonds is 5. The Bertz CT molecular complexity index is 546. The molecule has 6 heteroatoms. The average Bonchev–Trinajstić information content (AvgIpc) is 2.66. The minimum Gasteiger partial charge on any atom is -0.478 e. The Morgan fingerprint density at radius 2 is 2.00 bits per heavy atom. The molecule has 102 valence electrons. The SMILES string of the molecule is CCOc1cc(C)nc(NCc2nc(C)c(C)o2)n1. The van der Waals surface area contributed by atoms with Crippen LogP contribution in [-0.4, -0.2) is 21.6 Å². The number of hydrogen-bond acceptors (Lipinski definition) is 6. The fourth-order valence-corrected chi connectivity index (χ4v) is 1.61. The molecule has 6 nitrogen and oxygen atoms in total. The van der Waals surface area contributed by atoms with E-state index in [0.717, 1.165) is 17.1 Å². The van der Waals surface area contributed by atoms with Gasteiger partial charge in [0, 0.05) is 11.8 Å². The van der Waals surface area contributed by atoms with Crippen LogP contribution in [-0.2, 0) is 6.54 Å².